The maximum atomic E-state index is 6.26. The summed E-state index contributed by atoms with van der Waals surface area (Å²) in [6, 6.07) is 0.349. The van der Waals surface area contributed by atoms with Gasteiger partial charge in [0, 0.05) is 24.1 Å². The zero-order chi connectivity index (χ0) is 14.9. The molecule has 20 heavy (non-hydrogen) atoms. The van der Waals surface area contributed by atoms with Gasteiger partial charge in [-0.3, -0.25) is 0 Å². The van der Waals surface area contributed by atoms with E-state index >= 15 is 0 Å². The zero-order valence-corrected chi connectivity index (χ0v) is 13.8. The molecule has 0 spiro atoms. The summed E-state index contributed by atoms with van der Waals surface area (Å²) in [4.78, 5) is 11.3. The van der Waals surface area contributed by atoms with Crippen LogP contribution in [-0.2, 0) is 0 Å². The van der Waals surface area contributed by atoms with Gasteiger partial charge in [0.05, 0.1) is 0 Å². The molecule has 0 amide bonds. The van der Waals surface area contributed by atoms with E-state index in [1.54, 1.807) is 0 Å². The minimum absolute atomic E-state index is 0.349. The van der Waals surface area contributed by atoms with E-state index in [1.807, 2.05) is 6.92 Å². The van der Waals surface area contributed by atoms with E-state index in [0.717, 1.165) is 23.8 Å². The average molecular weight is 297 g/mol. The summed E-state index contributed by atoms with van der Waals surface area (Å²) < 4.78 is 0. The summed E-state index contributed by atoms with van der Waals surface area (Å²) in [6.07, 6.45) is 2.37. The largest absolute Gasteiger partial charge is 0.365 e. The molecule has 0 aromatic carbocycles. The maximum absolute atomic E-state index is 6.26. The molecule has 0 radical (unpaired) electrons. The number of nitrogens with zero attached hydrogens (tertiary/aromatic N) is 3. The fourth-order valence-electron chi connectivity index (χ4n) is 2.16. The van der Waals surface area contributed by atoms with Crippen molar-refractivity contribution in [2.24, 2.45) is 5.92 Å². The molecule has 1 aromatic heterocycles. The second-order valence-electron chi connectivity index (χ2n) is 6.38. The van der Waals surface area contributed by atoms with Crippen molar-refractivity contribution in [1.29, 1.82) is 0 Å². The van der Waals surface area contributed by atoms with Crippen molar-refractivity contribution in [1.82, 2.24) is 14.9 Å². The fraction of sp³-hybridized carbons (Fsp3) is 0.733. The molecule has 0 saturated heterocycles. The molecule has 0 bridgehead atoms. The molecule has 1 N–H and O–H groups in total. The van der Waals surface area contributed by atoms with Gasteiger partial charge in [0.25, 0.3) is 0 Å². The van der Waals surface area contributed by atoms with E-state index in [9.17, 15) is 0 Å². The molecule has 1 aliphatic rings. The molecule has 2 rings (SSSR count). The molecule has 5 heteroatoms. The third-order valence-electron chi connectivity index (χ3n) is 3.73. The number of hydrogen-bond acceptors (Lipinski definition) is 4. The fourth-order valence-corrected chi connectivity index (χ4v) is 2.34. The van der Waals surface area contributed by atoms with Crippen LogP contribution < -0.4 is 5.32 Å². The molecule has 1 saturated carbocycles. The first-order valence-electron chi connectivity index (χ1n) is 7.33. The van der Waals surface area contributed by atoms with Gasteiger partial charge in [-0.2, -0.15) is 0 Å². The maximum Gasteiger partial charge on any atom is 0.137 e. The second-order valence-corrected chi connectivity index (χ2v) is 6.74. The molecule has 1 aromatic rings. The van der Waals surface area contributed by atoms with Crippen LogP contribution in [0.15, 0.2) is 0 Å². The molecule has 1 aliphatic carbocycles. The van der Waals surface area contributed by atoms with Gasteiger partial charge in [0.2, 0.25) is 0 Å². The third kappa shape index (κ3) is 3.83. The Hall–Kier alpha value is -0.870. The Labute approximate surface area is 126 Å². The van der Waals surface area contributed by atoms with Crippen LogP contribution in [0.3, 0.4) is 0 Å². The molecule has 1 heterocycles. The van der Waals surface area contributed by atoms with Gasteiger partial charge in [-0.1, -0.05) is 25.4 Å². The van der Waals surface area contributed by atoms with Crippen molar-refractivity contribution in [2.75, 3.05) is 26.0 Å². The van der Waals surface area contributed by atoms with Gasteiger partial charge in [-0.15, -0.1) is 0 Å². The number of aromatic nitrogens is 2. The Morgan fingerprint density at radius 1 is 1.30 bits per heavy atom. The van der Waals surface area contributed by atoms with Crippen molar-refractivity contribution in [3.05, 3.63) is 16.5 Å². The first kappa shape index (κ1) is 15.5. The third-order valence-corrected chi connectivity index (χ3v) is 4.10. The highest BCUT2D eigenvalue weighted by Gasteiger charge is 2.28. The number of hydrogen-bond donors (Lipinski definition) is 1. The van der Waals surface area contributed by atoms with E-state index < -0.39 is 0 Å². The molecular weight excluding hydrogens is 272 g/mol. The van der Waals surface area contributed by atoms with Gasteiger partial charge in [0.1, 0.15) is 16.8 Å². The highest BCUT2D eigenvalue weighted by Crippen LogP contribution is 2.39. The Morgan fingerprint density at radius 3 is 2.45 bits per heavy atom. The van der Waals surface area contributed by atoms with E-state index in [1.165, 1.54) is 12.8 Å². The molecule has 0 aliphatic heterocycles. The lowest BCUT2D eigenvalue weighted by Crippen LogP contribution is -2.37. The van der Waals surface area contributed by atoms with Gasteiger partial charge in [-0.25, -0.2) is 9.97 Å². The van der Waals surface area contributed by atoms with Crippen LogP contribution in [0.2, 0.25) is 5.15 Å². The summed E-state index contributed by atoms with van der Waals surface area (Å²) in [6.45, 7) is 7.40. The Morgan fingerprint density at radius 2 is 1.95 bits per heavy atom. The molecule has 4 nitrogen and oxygen atoms in total. The highest BCUT2D eigenvalue weighted by atomic mass is 35.5. The minimum Gasteiger partial charge on any atom is -0.365 e. The number of rotatable bonds is 6. The second kappa shape index (κ2) is 6.27. The first-order valence-corrected chi connectivity index (χ1v) is 7.71. The van der Waals surface area contributed by atoms with Gasteiger partial charge in [-0.05, 0) is 39.8 Å². The number of nitrogens with one attached hydrogen (secondary N) is 1. The monoisotopic (exact) mass is 296 g/mol. The number of anilines is 1. The molecule has 1 unspecified atom stereocenters. The summed E-state index contributed by atoms with van der Waals surface area (Å²) in [7, 11) is 4.18. The predicted octanol–water partition coefficient (Wildman–Crippen LogP) is 3.31. The number of halogens is 1. The normalized spacial score (nSPS) is 16.8. The van der Waals surface area contributed by atoms with Crippen LogP contribution in [0.1, 0.15) is 44.0 Å². The van der Waals surface area contributed by atoms with Crippen molar-refractivity contribution in [3.63, 3.8) is 0 Å². The summed E-state index contributed by atoms with van der Waals surface area (Å²) in [5.41, 5.74) is 0.945. The lowest BCUT2D eigenvalue weighted by Gasteiger charge is -2.27. The zero-order valence-electron chi connectivity index (χ0n) is 13.1. The number of likely N-dealkylation sites (N-methyl/N-ethyl adjacent to an activating group) is 1. The van der Waals surface area contributed by atoms with Crippen LogP contribution in [0.25, 0.3) is 0 Å². The minimum atomic E-state index is 0.349. The Bertz CT molecular complexity index is 469. The van der Waals surface area contributed by atoms with Crippen LogP contribution in [0.5, 0.6) is 0 Å². The lowest BCUT2D eigenvalue weighted by atomic mass is 10.0. The van der Waals surface area contributed by atoms with E-state index in [0.29, 0.717) is 23.0 Å². The molecule has 1 atom stereocenters. The predicted molar refractivity (Wildman–Crippen MR) is 84.6 cm³/mol. The van der Waals surface area contributed by atoms with Crippen molar-refractivity contribution in [2.45, 2.75) is 45.6 Å². The van der Waals surface area contributed by atoms with Gasteiger partial charge in [0.15, 0.2) is 0 Å². The topological polar surface area (TPSA) is 41.1 Å². The van der Waals surface area contributed by atoms with Crippen LogP contribution in [0.4, 0.5) is 5.82 Å². The van der Waals surface area contributed by atoms with Crippen molar-refractivity contribution >= 4 is 17.4 Å². The van der Waals surface area contributed by atoms with Crippen LogP contribution in [-0.4, -0.2) is 41.5 Å². The quantitative estimate of drug-likeness (QED) is 0.818. The van der Waals surface area contributed by atoms with Crippen LogP contribution >= 0.6 is 11.6 Å². The summed E-state index contributed by atoms with van der Waals surface area (Å²) >= 11 is 6.26. The first-order chi connectivity index (χ1) is 9.38. The average Bonchev–Trinajstić information content (AvgIpc) is 3.17. The smallest absolute Gasteiger partial charge is 0.137 e. The standard InChI is InChI=1S/C15H25ClN4/c1-9(2)12(8-20(4)5)17-14-10(3)13(16)18-15(19-14)11-6-7-11/h9,11-12H,6-8H2,1-5H3,(H,17,18,19). The highest BCUT2D eigenvalue weighted by molar-refractivity contribution is 6.30. The van der Waals surface area contributed by atoms with Crippen LogP contribution in [0, 0.1) is 12.8 Å². The summed E-state index contributed by atoms with van der Waals surface area (Å²) in [5.74, 6) is 2.83. The van der Waals surface area contributed by atoms with Gasteiger partial charge < -0.3 is 10.2 Å². The van der Waals surface area contributed by atoms with Crippen molar-refractivity contribution < 1.29 is 0 Å². The van der Waals surface area contributed by atoms with E-state index in [2.05, 4.69) is 43.1 Å². The molecule has 1 fully saturated rings. The Kier molecular flexibility index (Phi) is 4.86. The van der Waals surface area contributed by atoms with E-state index in [-0.39, 0.29) is 0 Å². The molecule has 112 valence electrons. The lowest BCUT2D eigenvalue weighted by molar-refractivity contribution is 0.344. The van der Waals surface area contributed by atoms with Crippen molar-refractivity contribution in [3.8, 4) is 0 Å². The molecular formula is C15H25ClN4. The van der Waals surface area contributed by atoms with E-state index in [4.69, 9.17) is 16.6 Å². The SMILES string of the molecule is Cc1c(Cl)nc(C2CC2)nc1NC(CN(C)C)C(C)C. The summed E-state index contributed by atoms with van der Waals surface area (Å²) in [5, 5.41) is 4.15. The van der Waals surface area contributed by atoms with Gasteiger partial charge >= 0.3 is 0 Å². The Balaban J connectivity index is 2.21.